The van der Waals surface area contributed by atoms with E-state index in [1.165, 1.54) is 0 Å². The highest BCUT2D eigenvalue weighted by molar-refractivity contribution is 5.92. The first kappa shape index (κ1) is 18.3. The first-order valence-electron chi connectivity index (χ1n) is 8.38. The number of urea groups is 1. The summed E-state index contributed by atoms with van der Waals surface area (Å²) in [4.78, 5) is 12.1. The van der Waals surface area contributed by atoms with Crippen molar-refractivity contribution in [1.29, 1.82) is 0 Å². The van der Waals surface area contributed by atoms with Crippen molar-refractivity contribution in [1.82, 2.24) is 15.1 Å². The molecule has 1 aromatic heterocycles. The summed E-state index contributed by atoms with van der Waals surface area (Å²) in [5.41, 5.74) is 1.48. The van der Waals surface area contributed by atoms with Crippen LogP contribution in [0.1, 0.15) is 47.1 Å². The van der Waals surface area contributed by atoms with Gasteiger partial charge in [-0.3, -0.25) is 4.68 Å². The normalized spacial score (nSPS) is 13.3. The van der Waals surface area contributed by atoms with E-state index in [4.69, 9.17) is 0 Å². The number of rotatable bonds is 6. The number of nitrogens with one attached hydrogen (secondary N) is 2. The Hall–Kier alpha value is -2.08. The third-order valence-electron chi connectivity index (χ3n) is 3.88. The molecule has 2 aromatic rings. The van der Waals surface area contributed by atoms with E-state index in [9.17, 15) is 9.90 Å². The molecular formula is C18H28N4O2. The van der Waals surface area contributed by atoms with Crippen molar-refractivity contribution < 1.29 is 9.90 Å². The molecule has 0 fully saturated rings. The summed E-state index contributed by atoms with van der Waals surface area (Å²) in [6, 6.07) is 5.72. The fourth-order valence-corrected chi connectivity index (χ4v) is 2.75. The number of amides is 2. The molecule has 1 atom stereocenters. The summed E-state index contributed by atoms with van der Waals surface area (Å²) >= 11 is 0. The predicted octanol–water partition coefficient (Wildman–Crippen LogP) is 3.54. The molecule has 0 saturated carbocycles. The SMILES string of the molecule is CC(O)CC(C)(C)CNC(=O)Nc1ccc2nn(C(C)C)cc2c1. The van der Waals surface area contributed by atoms with Crippen LogP contribution < -0.4 is 10.6 Å². The number of fused-ring (bicyclic) bond motifs is 1. The smallest absolute Gasteiger partial charge is 0.319 e. The van der Waals surface area contributed by atoms with Crippen LogP contribution in [0, 0.1) is 5.41 Å². The molecule has 0 bridgehead atoms. The highest BCUT2D eigenvalue weighted by Gasteiger charge is 2.21. The third kappa shape index (κ3) is 4.96. The number of aliphatic hydroxyl groups excluding tert-OH is 1. The van der Waals surface area contributed by atoms with Crippen molar-refractivity contribution in [3.05, 3.63) is 24.4 Å². The topological polar surface area (TPSA) is 79.2 Å². The molecule has 0 aliphatic rings. The average molecular weight is 332 g/mol. The van der Waals surface area contributed by atoms with Crippen LogP contribution in [0.25, 0.3) is 10.9 Å². The molecule has 2 rings (SSSR count). The number of nitrogens with zero attached hydrogens (tertiary/aromatic N) is 2. The molecule has 0 spiro atoms. The second-order valence-electron chi connectivity index (χ2n) is 7.50. The lowest BCUT2D eigenvalue weighted by atomic mass is 9.87. The molecule has 6 heteroatoms. The Morgan fingerprint density at radius 2 is 2.04 bits per heavy atom. The zero-order chi connectivity index (χ0) is 17.9. The minimum Gasteiger partial charge on any atom is -0.393 e. The molecule has 2 amide bonds. The molecule has 1 unspecified atom stereocenters. The zero-order valence-corrected chi connectivity index (χ0v) is 15.1. The van der Waals surface area contributed by atoms with E-state index in [2.05, 4.69) is 29.6 Å². The quantitative estimate of drug-likeness (QED) is 0.757. The van der Waals surface area contributed by atoms with E-state index >= 15 is 0 Å². The molecule has 3 N–H and O–H groups in total. The van der Waals surface area contributed by atoms with Gasteiger partial charge in [-0.1, -0.05) is 13.8 Å². The molecule has 1 heterocycles. The van der Waals surface area contributed by atoms with Gasteiger partial charge in [-0.2, -0.15) is 5.10 Å². The van der Waals surface area contributed by atoms with Crippen LogP contribution in [-0.2, 0) is 0 Å². The van der Waals surface area contributed by atoms with E-state index in [0.717, 1.165) is 16.6 Å². The van der Waals surface area contributed by atoms with Crippen LogP contribution >= 0.6 is 0 Å². The molecule has 0 aliphatic heterocycles. The van der Waals surface area contributed by atoms with Gasteiger partial charge in [0.05, 0.1) is 11.6 Å². The summed E-state index contributed by atoms with van der Waals surface area (Å²) in [5, 5.41) is 20.7. The standard InChI is InChI=1S/C18H28N4O2/c1-12(2)22-10-14-8-15(6-7-16(14)21-22)20-17(24)19-11-18(4,5)9-13(3)23/h6-8,10,12-13,23H,9,11H2,1-5H3,(H2,19,20,24). The molecule has 0 aliphatic carbocycles. The van der Waals surface area contributed by atoms with Crippen molar-refractivity contribution in [2.45, 2.75) is 53.2 Å². The molecular weight excluding hydrogens is 304 g/mol. The number of benzene rings is 1. The number of anilines is 1. The van der Waals surface area contributed by atoms with Gasteiger partial charge in [-0.25, -0.2) is 4.79 Å². The molecule has 1 aromatic carbocycles. The highest BCUT2D eigenvalue weighted by Crippen LogP contribution is 2.22. The van der Waals surface area contributed by atoms with Crippen molar-refractivity contribution >= 4 is 22.6 Å². The number of aliphatic hydroxyl groups is 1. The zero-order valence-electron chi connectivity index (χ0n) is 15.1. The number of hydrogen-bond acceptors (Lipinski definition) is 3. The average Bonchev–Trinajstić information content (AvgIpc) is 2.87. The Bertz CT molecular complexity index is 704. The van der Waals surface area contributed by atoms with Gasteiger partial charge in [0.15, 0.2) is 0 Å². The second kappa shape index (κ2) is 7.21. The van der Waals surface area contributed by atoms with Gasteiger partial charge in [-0.15, -0.1) is 0 Å². The van der Waals surface area contributed by atoms with Crippen molar-refractivity contribution in [3.63, 3.8) is 0 Å². The fourth-order valence-electron chi connectivity index (χ4n) is 2.75. The van der Waals surface area contributed by atoms with E-state index in [0.29, 0.717) is 19.0 Å². The largest absolute Gasteiger partial charge is 0.393 e. The predicted molar refractivity (Wildman–Crippen MR) is 97.2 cm³/mol. The Morgan fingerprint density at radius 3 is 2.67 bits per heavy atom. The van der Waals surface area contributed by atoms with Crippen molar-refractivity contribution in [2.75, 3.05) is 11.9 Å². The van der Waals surface area contributed by atoms with E-state index in [1.807, 2.05) is 42.9 Å². The van der Waals surface area contributed by atoms with Gasteiger partial charge in [0.2, 0.25) is 0 Å². The van der Waals surface area contributed by atoms with Crippen LogP contribution in [0.5, 0.6) is 0 Å². The van der Waals surface area contributed by atoms with E-state index in [1.54, 1.807) is 6.92 Å². The first-order chi connectivity index (χ1) is 11.2. The monoisotopic (exact) mass is 332 g/mol. The summed E-state index contributed by atoms with van der Waals surface area (Å²) in [6.07, 6.45) is 2.23. The molecule has 132 valence electrons. The van der Waals surface area contributed by atoms with Gasteiger partial charge in [-0.05, 0) is 50.8 Å². The Morgan fingerprint density at radius 1 is 1.33 bits per heavy atom. The number of aromatic nitrogens is 2. The van der Waals surface area contributed by atoms with Crippen LogP contribution in [-0.4, -0.2) is 33.6 Å². The van der Waals surface area contributed by atoms with Crippen LogP contribution in [0.4, 0.5) is 10.5 Å². The Labute approximate surface area is 143 Å². The Kier molecular flexibility index (Phi) is 5.49. The lowest BCUT2D eigenvalue weighted by Gasteiger charge is -2.26. The Balaban J connectivity index is 1.97. The first-order valence-corrected chi connectivity index (χ1v) is 8.38. The van der Waals surface area contributed by atoms with Crippen molar-refractivity contribution in [2.24, 2.45) is 5.41 Å². The van der Waals surface area contributed by atoms with Gasteiger partial charge in [0.25, 0.3) is 0 Å². The summed E-state index contributed by atoms with van der Waals surface area (Å²) in [5.74, 6) is 0. The maximum atomic E-state index is 12.1. The number of hydrogen-bond donors (Lipinski definition) is 3. The maximum absolute atomic E-state index is 12.1. The molecule has 0 saturated heterocycles. The lowest BCUT2D eigenvalue weighted by Crippen LogP contribution is -2.38. The second-order valence-corrected chi connectivity index (χ2v) is 7.50. The maximum Gasteiger partial charge on any atom is 0.319 e. The summed E-state index contributed by atoms with van der Waals surface area (Å²) < 4.78 is 1.91. The van der Waals surface area contributed by atoms with Crippen LogP contribution in [0.2, 0.25) is 0 Å². The van der Waals surface area contributed by atoms with E-state index < -0.39 is 0 Å². The summed E-state index contributed by atoms with van der Waals surface area (Å²) in [7, 11) is 0. The minimum absolute atomic E-state index is 0.159. The fraction of sp³-hybridized carbons (Fsp3) is 0.556. The van der Waals surface area contributed by atoms with Crippen LogP contribution in [0.3, 0.4) is 0 Å². The lowest BCUT2D eigenvalue weighted by molar-refractivity contribution is 0.129. The van der Waals surface area contributed by atoms with Gasteiger partial charge >= 0.3 is 6.03 Å². The number of carbonyl (C=O) groups is 1. The van der Waals surface area contributed by atoms with Crippen molar-refractivity contribution in [3.8, 4) is 0 Å². The summed E-state index contributed by atoms with van der Waals surface area (Å²) in [6.45, 7) is 10.4. The van der Waals surface area contributed by atoms with Gasteiger partial charge in [0.1, 0.15) is 0 Å². The highest BCUT2D eigenvalue weighted by atomic mass is 16.3. The van der Waals surface area contributed by atoms with Gasteiger partial charge < -0.3 is 15.7 Å². The van der Waals surface area contributed by atoms with Crippen LogP contribution in [0.15, 0.2) is 24.4 Å². The molecule has 6 nitrogen and oxygen atoms in total. The number of carbonyl (C=O) groups excluding carboxylic acids is 1. The van der Waals surface area contributed by atoms with Gasteiger partial charge in [0, 0.05) is 29.9 Å². The molecule has 0 radical (unpaired) electrons. The minimum atomic E-state index is -0.384. The van der Waals surface area contributed by atoms with E-state index in [-0.39, 0.29) is 17.6 Å². The molecule has 24 heavy (non-hydrogen) atoms. The third-order valence-corrected chi connectivity index (χ3v) is 3.88.